The number of hydrogen-bond donors (Lipinski definition) is 1. The van der Waals surface area contributed by atoms with E-state index in [-0.39, 0.29) is 17.5 Å². The molecule has 22 heavy (non-hydrogen) atoms. The third-order valence-corrected chi connectivity index (χ3v) is 4.40. The fourth-order valence-electron chi connectivity index (χ4n) is 3.12. The zero-order valence-electron chi connectivity index (χ0n) is 13.3. The summed E-state index contributed by atoms with van der Waals surface area (Å²) in [6, 6.07) is 4.36. The fourth-order valence-corrected chi connectivity index (χ4v) is 3.12. The second-order valence-corrected chi connectivity index (χ2v) is 6.48. The summed E-state index contributed by atoms with van der Waals surface area (Å²) >= 11 is 0. The number of ether oxygens (including phenoxy) is 1. The summed E-state index contributed by atoms with van der Waals surface area (Å²) in [6.45, 7) is 6.45. The molecular weight excluding hydrogens is 282 g/mol. The molecule has 0 unspecified atom stereocenters. The van der Waals surface area contributed by atoms with Gasteiger partial charge in [0.1, 0.15) is 17.5 Å². The third-order valence-electron chi connectivity index (χ3n) is 4.40. The van der Waals surface area contributed by atoms with Crippen LogP contribution in [0.2, 0.25) is 0 Å². The summed E-state index contributed by atoms with van der Waals surface area (Å²) in [5.74, 6) is -0.355. The molecule has 2 rings (SSSR count). The van der Waals surface area contributed by atoms with Crippen LogP contribution in [0.3, 0.4) is 0 Å². The molecule has 0 bridgehead atoms. The standard InChI is InChI=1S/C17H23NO4/c1-10(2)12-8-7-11(3)9-15(12)22-17(21)14-6-4-5-13(18-14)16(19)20/h4-6,10-12,15H,7-9H2,1-3H3,(H,19,20)/t11-,12+,15+/m1/s1. The minimum absolute atomic E-state index is 0.0561. The molecule has 5 heteroatoms. The number of aromatic nitrogens is 1. The Morgan fingerprint density at radius 2 is 1.95 bits per heavy atom. The van der Waals surface area contributed by atoms with Crippen molar-refractivity contribution in [2.24, 2.45) is 17.8 Å². The Bertz CT molecular complexity index is 555. The van der Waals surface area contributed by atoms with Crippen molar-refractivity contribution in [1.82, 2.24) is 4.98 Å². The number of pyridine rings is 1. The molecule has 1 aromatic rings. The van der Waals surface area contributed by atoms with Gasteiger partial charge in [0.15, 0.2) is 0 Å². The highest BCUT2D eigenvalue weighted by molar-refractivity contribution is 5.90. The maximum atomic E-state index is 12.3. The molecule has 0 aromatic carbocycles. The topological polar surface area (TPSA) is 76.5 Å². The number of carboxylic acid groups (broad SMARTS) is 1. The molecule has 0 spiro atoms. The van der Waals surface area contributed by atoms with E-state index in [4.69, 9.17) is 9.84 Å². The van der Waals surface area contributed by atoms with E-state index >= 15 is 0 Å². The van der Waals surface area contributed by atoms with E-state index < -0.39 is 11.9 Å². The Morgan fingerprint density at radius 3 is 2.59 bits per heavy atom. The summed E-state index contributed by atoms with van der Waals surface area (Å²) in [6.07, 6.45) is 2.95. The van der Waals surface area contributed by atoms with Crippen LogP contribution in [0.4, 0.5) is 0 Å². The number of carboxylic acids is 1. The highest BCUT2D eigenvalue weighted by atomic mass is 16.5. The van der Waals surface area contributed by atoms with Gasteiger partial charge in [-0.3, -0.25) is 0 Å². The first-order valence-corrected chi connectivity index (χ1v) is 7.79. The Hall–Kier alpha value is -1.91. The lowest BCUT2D eigenvalue weighted by atomic mass is 9.75. The maximum Gasteiger partial charge on any atom is 0.357 e. The van der Waals surface area contributed by atoms with Crippen molar-refractivity contribution in [2.45, 2.75) is 46.1 Å². The summed E-state index contributed by atoms with van der Waals surface area (Å²) in [5.41, 5.74) is -0.0903. The molecule has 1 fully saturated rings. The van der Waals surface area contributed by atoms with E-state index in [0.717, 1.165) is 19.3 Å². The molecular formula is C17H23NO4. The van der Waals surface area contributed by atoms with Crippen LogP contribution in [0.15, 0.2) is 18.2 Å². The molecule has 0 saturated heterocycles. The first kappa shape index (κ1) is 16.5. The second-order valence-electron chi connectivity index (χ2n) is 6.48. The minimum Gasteiger partial charge on any atom is -0.477 e. The van der Waals surface area contributed by atoms with Gasteiger partial charge in [-0.1, -0.05) is 33.3 Å². The molecule has 3 atom stereocenters. The molecule has 1 saturated carbocycles. The quantitative estimate of drug-likeness (QED) is 0.863. The first-order valence-electron chi connectivity index (χ1n) is 7.79. The Kier molecular flexibility index (Phi) is 5.16. The largest absolute Gasteiger partial charge is 0.477 e. The third kappa shape index (κ3) is 3.84. The minimum atomic E-state index is -1.15. The smallest absolute Gasteiger partial charge is 0.357 e. The lowest BCUT2D eigenvalue weighted by Gasteiger charge is -2.36. The van der Waals surface area contributed by atoms with Crippen molar-refractivity contribution in [2.75, 3.05) is 0 Å². The summed E-state index contributed by atoms with van der Waals surface area (Å²) < 4.78 is 5.66. The molecule has 1 aliphatic carbocycles. The predicted octanol–water partition coefficient (Wildman–Crippen LogP) is 3.40. The van der Waals surface area contributed by atoms with Crippen molar-refractivity contribution in [3.8, 4) is 0 Å². The van der Waals surface area contributed by atoms with Crippen LogP contribution in [0.1, 0.15) is 61.0 Å². The summed E-state index contributed by atoms with van der Waals surface area (Å²) in [5, 5.41) is 8.95. The number of rotatable bonds is 4. The molecule has 0 radical (unpaired) electrons. The van der Waals surface area contributed by atoms with Crippen LogP contribution < -0.4 is 0 Å². The van der Waals surface area contributed by atoms with Crippen molar-refractivity contribution >= 4 is 11.9 Å². The molecule has 1 heterocycles. The van der Waals surface area contributed by atoms with Crippen LogP contribution in [-0.4, -0.2) is 28.1 Å². The van der Waals surface area contributed by atoms with Crippen molar-refractivity contribution in [3.63, 3.8) is 0 Å². The average molecular weight is 305 g/mol. The van der Waals surface area contributed by atoms with Gasteiger partial charge in [0, 0.05) is 0 Å². The number of carbonyl (C=O) groups excluding carboxylic acids is 1. The molecule has 0 aliphatic heterocycles. The van der Waals surface area contributed by atoms with Gasteiger partial charge in [0.05, 0.1) is 0 Å². The molecule has 1 N–H and O–H groups in total. The van der Waals surface area contributed by atoms with Crippen LogP contribution in [0.5, 0.6) is 0 Å². The highest BCUT2D eigenvalue weighted by Gasteiger charge is 2.33. The number of nitrogens with zero attached hydrogens (tertiary/aromatic N) is 1. The zero-order chi connectivity index (χ0) is 16.3. The van der Waals surface area contributed by atoms with Gasteiger partial charge < -0.3 is 9.84 Å². The van der Waals surface area contributed by atoms with Gasteiger partial charge in [-0.15, -0.1) is 0 Å². The highest BCUT2D eigenvalue weighted by Crippen LogP contribution is 2.35. The Labute approximate surface area is 130 Å². The first-order chi connectivity index (χ1) is 10.4. The normalized spacial score (nSPS) is 25.0. The molecule has 5 nitrogen and oxygen atoms in total. The second kappa shape index (κ2) is 6.90. The molecule has 0 amide bonds. The molecule has 1 aliphatic rings. The van der Waals surface area contributed by atoms with Gasteiger partial charge in [0.2, 0.25) is 0 Å². The van der Waals surface area contributed by atoms with E-state index in [2.05, 4.69) is 25.8 Å². The lowest BCUT2D eigenvalue weighted by Crippen LogP contribution is -2.36. The van der Waals surface area contributed by atoms with Gasteiger partial charge in [-0.05, 0) is 42.7 Å². The number of aromatic carboxylic acids is 1. The van der Waals surface area contributed by atoms with Gasteiger partial charge >= 0.3 is 11.9 Å². The van der Waals surface area contributed by atoms with Crippen molar-refractivity contribution < 1.29 is 19.4 Å². The Balaban J connectivity index is 2.12. The predicted molar refractivity (Wildman–Crippen MR) is 81.7 cm³/mol. The zero-order valence-corrected chi connectivity index (χ0v) is 13.3. The molecule has 120 valence electrons. The lowest BCUT2D eigenvalue weighted by molar-refractivity contribution is -0.0179. The molecule has 1 aromatic heterocycles. The van der Waals surface area contributed by atoms with Crippen LogP contribution in [0.25, 0.3) is 0 Å². The monoisotopic (exact) mass is 305 g/mol. The van der Waals surface area contributed by atoms with Gasteiger partial charge in [0.25, 0.3) is 0 Å². The maximum absolute atomic E-state index is 12.3. The van der Waals surface area contributed by atoms with Gasteiger partial charge in [-0.2, -0.15) is 0 Å². The van der Waals surface area contributed by atoms with Crippen LogP contribution in [-0.2, 0) is 4.74 Å². The number of esters is 1. The van der Waals surface area contributed by atoms with Crippen LogP contribution in [0, 0.1) is 17.8 Å². The SMILES string of the molecule is CC(C)[C@@H]1CC[C@@H](C)C[C@@H]1OC(=O)c1cccc(C(=O)O)n1. The van der Waals surface area contributed by atoms with E-state index in [1.807, 2.05) is 0 Å². The number of carbonyl (C=O) groups is 2. The summed E-state index contributed by atoms with van der Waals surface area (Å²) in [4.78, 5) is 27.1. The Morgan fingerprint density at radius 1 is 1.27 bits per heavy atom. The number of hydrogen-bond acceptors (Lipinski definition) is 4. The van der Waals surface area contributed by atoms with Crippen molar-refractivity contribution in [3.05, 3.63) is 29.6 Å². The summed E-state index contributed by atoms with van der Waals surface area (Å²) in [7, 11) is 0. The average Bonchev–Trinajstić information content (AvgIpc) is 2.47. The van der Waals surface area contributed by atoms with E-state index in [9.17, 15) is 9.59 Å². The van der Waals surface area contributed by atoms with Gasteiger partial charge in [-0.25, -0.2) is 14.6 Å². The van der Waals surface area contributed by atoms with Crippen molar-refractivity contribution in [1.29, 1.82) is 0 Å². The van der Waals surface area contributed by atoms with E-state index in [1.165, 1.54) is 18.2 Å². The van der Waals surface area contributed by atoms with E-state index in [1.54, 1.807) is 0 Å². The van der Waals surface area contributed by atoms with Crippen LogP contribution >= 0.6 is 0 Å². The fraction of sp³-hybridized carbons (Fsp3) is 0.588. The van der Waals surface area contributed by atoms with E-state index in [0.29, 0.717) is 17.8 Å².